The van der Waals surface area contributed by atoms with E-state index in [-0.39, 0.29) is 0 Å². The molecule has 0 aliphatic heterocycles. The summed E-state index contributed by atoms with van der Waals surface area (Å²) < 4.78 is 0. The van der Waals surface area contributed by atoms with Gasteiger partial charge >= 0.3 is 0 Å². The lowest BCUT2D eigenvalue weighted by molar-refractivity contribution is 0.489. The molecule has 0 bridgehead atoms. The minimum absolute atomic E-state index is 0.425. The summed E-state index contributed by atoms with van der Waals surface area (Å²) in [4.78, 5) is 4.17. The van der Waals surface area contributed by atoms with Crippen LogP contribution in [-0.2, 0) is 5.41 Å². The van der Waals surface area contributed by atoms with Crippen molar-refractivity contribution in [2.24, 2.45) is 0 Å². The van der Waals surface area contributed by atoms with Gasteiger partial charge in [0.25, 0.3) is 0 Å². The lowest BCUT2D eigenvalue weighted by Crippen LogP contribution is -2.16. The van der Waals surface area contributed by atoms with Gasteiger partial charge in [-0.2, -0.15) is 0 Å². The van der Waals surface area contributed by atoms with Gasteiger partial charge in [-0.3, -0.25) is 4.98 Å². The molecule has 0 saturated heterocycles. The van der Waals surface area contributed by atoms with Crippen LogP contribution in [0, 0.1) is 0 Å². The topological polar surface area (TPSA) is 12.9 Å². The molecule has 1 heteroatoms. The van der Waals surface area contributed by atoms with Gasteiger partial charge in [0.05, 0.1) is 0 Å². The molecule has 1 saturated carbocycles. The minimum atomic E-state index is 0.425. The third-order valence-corrected chi connectivity index (χ3v) is 3.07. The van der Waals surface area contributed by atoms with Crippen LogP contribution >= 0.6 is 0 Å². The zero-order valence-corrected chi connectivity index (χ0v) is 7.59. The smallest absolute Gasteiger partial charge is 0.0305 e. The molecule has 0 atom stereocenters. The van der Waals surface area contributed by atoms with Gasteiger partial charge in [-0.25, -0.2) is 0 Å². The molecule has 1 aliphatic rings. The van der Waals surface area contributed by atoms with E-state index in [1.54, 1.807) is 0 Å². The average Bonchev–Trinajstić information content (AvgIpc) is 2.55. The van der Waals surface area contributed by atoms with Crippen molar-refractivity contribution >= 4 is 0 Å². The van der Waals surface area contributed by atoms with E-state index in [0.717, 1.165) is 0 Å². The first-order chi connectivity index (χ1) is 5.81. The fourth-order valence-electron chi connectivity index (χ4n) is 2.16. The van der Waals surface area contributed by atoms with Crippen molar-refractivity contribution in [3.8, 4) is 0 Å². The second kappa shape index (κ2) is 2.89. The van der Waals surface area contributed by atoms with Gasteiger partial charge in [0, 0.05) is 12.4 Å². The zero-order chi connectivity index (χ0) is 8.44. The maximum atomic E-state index is 4.17. The average molecular weight is 161 g/mol. The Kier molecular flexibility index (Phi) is 1.87. The number of nitrogens with zero attached hydrogens (tertiary/aromatic N) is 1. The maximum absolute atomic E-state index is 4.17. The number of hydrogen-bond donors (Lipinski definition) is 0. The third kappa shape index (κ3) is 1.24. The molecule has 0 aromatic carbocycles. The monoisotopic (exact) mass is 161 g/mol. The van der Waals surface area contributed by atoms with Crippen LogP contribution in [0.5, 0.6) is 0 Å². The number of pyridine rings is 1. The van der Waals surface area contributed by atoms with E-state index >= 15 is 0 Å². The number of rotatable bonds is 1. The summed E-state index contributed by atoms with van der Waals surface area (Å²) >= 11 is 0. The van der Waals surface area contributed by atoms with Gasteiger partial charge in [-0.15, -0.1) is 0 Å². The molecule has 1 aliphatic carbocycles. The highest BCUT2D eigenvalue weighted by molar-refractivity contribution is 5.21. The predicted octanol–water partition coefficient (Wildman–Crippen LogP) is 2.91. The van der Waals surface area contributed by atoms with Crippen molar-refractivity contribution in [2.75, 3.05) is 0 Å². The molecule has 0 N–H and O–H groups in total. The quantitative estimate of drug-likeness (QED) is 0.617. The van der Waals surface area contributed by atoms with Crippen molar-refractivity contribution in [2.45, 2.75) is 38.0 Å². The van der Waals surface area contributed by atoms with Crippen molar-refractivity contribution in [3.63, 3.8) is 0 Å². The molecular weight excluding hydrogens is 146 g/mol. The lowest BCUT2D eigenvalue weighted by atomic mass is 9.82. The third-order valence-electron chi connectivity index (χ3n) is 3.07. The van der Waals surface area contributed by atoms with Gasteiger partial charge in [0.15, 0.2) is 0 Å². The Bertz CT molecular complexity index is 247. The SMILES string of the molecule is CC1(c2cccnc2)CCCC1. The van der Waals surface area contributed by atoms with E-state index in [1.807, 2.05) is 18.5 Å². The van der Waals surface area contributed by atoms with Crippen LogP contribution in [-0.4, -0.2) is 4.98 Å². The van der Waals surface area contributed by atoms with E-state index in [0.29, 0.717) is 5.41 Å². The lowest BCUT2D eigenvalue weighted by Gasteiger charge is -2.23. The summed E-state index contributed by atoms with van der Waals surface area (Å²) in [7, 11) is 0. The first kappa shape index (κ1) is 7.78. The van der Waals surface area contributed by atoms with Crippen molar-refractivity contribution in [1.29, 1.82) is 0 Å². The summed E-state index contributed by atoms with van der Waals surface area (Å²) in [6.45, 7) is 2.36. The fourth-order valence-corrected chi connectivity index (χ4v) is 2.16. The highest BCUT2D eigenvalue weighted by Crippen LogP contribution is 2.39. The molecule has 0 amide bonds. The Labute approximate surface area is 73.8 Å². The van der Waals surface area contributed by atoms with Crippen LogP contribution in [0.2, 0.25) is 0 Å². The Morgan fingerprint density at radius 3 is 2.67 bits per heavy atom. The summed E-state index contributed by atoms with van der Waals surface area (Å²) in [6.07, 6.45) is 9.29. The molecule has 0 radical (unpaired) electrons. The van der Waals surface area contributed by atoms with Gasteiger partial charge in [-0.05, 0) is 29.9 Å². The van der Waals surface area contributed by atoms with E-state index in [9.17, 15) is 0 Å². The van der Waals surface area contributed by atoms with Gasteiger partial charge in [0.2, 0.25) is 0 Å². The fraction of sp³-hybridized carbons (Fsp3) is 0.545. The molecule has 1 aromatic heterocycles. The van der Waals surface area contributed by atoms with E-state index < -0.39 is 0 Å². The van der Waals surface area contributed by atoms with Gasteiger partial charge < -0.3 is 0 Å². The molecule has 1 nitrogen and oxygen atoms in total. The first-order valence-electron chi connectivity index (χ1n) is 4.72. The van der Waals surface area contributed by atoms with Crippen LogP contribution in [0.15, 0.2) is 24.5 Å². The van der Waals surface area contributed by atoms with Gasteiger partial charge in [-0.1, -0.05) is 25.8 Å². The van der Waals surface area contributed by atoms with Crippen LogP contribution < -0.4 is 0 Å². The Hall–Kier alpha value is -0.850. The first-order valence-corrected chi connectivity index (χ1v) is 4.72. The van der Waals surface area contributed by atoms with Crippen molar-refractivity contribution in [1.82, 2.24) is 4.98 Å². The van der Waals surface area contributed by atoms with Crippen LogP contribution in [0.4, 0.5) is 0 Å². The second-order valence-electron chi connectivity index (χ2n) is 4.01. The molecule has 0 unspecified atom stereocenters. The van der Waals surface area contributed by atoms with Crippen LogP contribution in [0.1, 0.15) is 38.2 Å². The summed E-state index contributed by atoms with van der Waals surface area (Å²) in [5.41, 5.74) is 1.84. The van der Waals surface area contributed by atoms with Crippen molar-refractivity contribution < 1.29 is 0 Å². The highest BCUT2D eigenvalue weighted by atomic mass is 14.6. The molecular formula is C11H15N. The Balaban J connectivity index is 2.29. The Morgan fingerprint density at radius 2 is 2.08 bits per heavy atom. The standard InChI is InChI=1S/C11H15N/c1-11(6-2-3-7-11)10-5-4-8-12-9-10/h4-5,8-9H,2-3,6-7H2,1H3. The largest absolute Gasteiger partial charge is 0.264 e. The molecule has 1 aromatic rings. The highest BCUT2D eigenvalue weighted by Gasteiger charge is 2.30. The molecule has 2 rings (SSSR count). The molecule has 1 heterocycles. The normalized spacial score (nSPS) is 21.1. The van der Waals surface area contributed by atoms with E-state index in [2.05, 4.69) is 18.0 Å². The minimum Gasteiger partial charge on any atom is -0.264 e. The van der Waals surface area contributed by atoms with Crippen LogP contribution in [0.3, 0.4) is 0 Å². The molecule has 1 fully saturated rings. The number of aromatic nitrogens is 1. The molecule has 0 spiro atoms. The number of hydrogen-bond acceptors (Lipinski definition) is 1. The molecule has 12 heavy (non-hydrogen) atoms. The maximum Gasteiger partial charge on any atom is 0.0305 e. The predicted molar refractivity (Wildman–Crippen MR) is 50.1 cm³/mol. The van der Waals surface area contributed by atoms with Crippen molar-refractivity contribution in [3.05, 3.63) is 30.1 Å². The van der Waals surface area contributed by atoms with Crippen LogP contribution in [0.25, 0.3) is 0 Å². The zero-order valence-electron chi connectivity index (χ0n) is 7.59. The van der Waals surface area contributed by atoms with E-state index in [4.69, 9.17) is 0 Å². The molecule has 64 valence electrons. The van der Waals surface area contributed by atoms with Gasteiger partial charge in [0.1, 0.15) is 0 Å². The summed E-state index contributed by atoms with van der Waals surface area (Å²) in [5, 5.41) is 0. The van der Waals surface area contributed by atoms with E-state index in [1.165, 1.54) is 31.2 Å². The second-order valence-corrected chi connectivity index (χ2v) is 4.01. The Morgan fingerprint density at radius 1 is 1.33 bits per heavy atom. The summed E-state index contributed by atoms with van der Waals surface area (Å²) in [5.74, 6) is 0. The summed E-state index contributed by atoms with van der Waals surface area (Å²) in [6, 6.07) is 4.25.